The van der Waals surface area contributed by atoms with Crippen LogP contribution in [0.5, 0.6) is 0 Å². The maximum absolute atomic E-state index is 12.8. The molecule has 1 heterocycles. The van der Waals surface area contributed by atoms with E-state index in [0.717, 1.165) is 22.6 Å². The van der Waals surface area contributed by atoms with Crippen LogP contribution in [0.4, 0.5) is 8.78 Å². The molecule has 0 spiro atoms. The summed E-state index contributed by atoms with van der Waals surface area (Å²) in [5.41, 5.74) is 1.06. The third-order valence-corrected chi connectivity index (χ3v) is 3.79. The van der Waals surface area contributed by atoms with Gasteiger partial charge in [-0.2, -0.15) is 8.78 Å². The lowest BCUT2D eigenvalue weighted by Crippen LogP contribution is -2.33. The minimum absolute atomic E-state index is 0.0481. The average molecular weight is 533 g/mol. The van der Waals surface area contributed by atoms with Crippen LogP contribution in [0.15, 0.2) is 48.8 Å². The van der Waals surface area contributed by atoms with Crippen LogP contribution in [0.25, 0.3) is 0 Å². The molecule has 164 valence electrons. The summed E-state index contributed by atoms with van der Waals surface area (Å²) in [6.45, 7) is 10.6. The number of hydrogen-bond acceptors (Lipinski definition) is 4. The van der Waals surface area contributed by atoms with E-state index in [4.69, 9.17) is 0 Å². The molecular formula is C21H26F2IN3O3. The van der Waals surface area contributed by atoms with Gasteiger partial charge in [0.05, 0.1) is 22.6 Å². The van der Waals surface area contributed by atoms with Crippen LogP contribution in [0.3, 0.4) is 0 Å². The molecule has 2 N–H and O–H groups in total. The standard InChI is InChI=1S/C21H26F2IN3O3/c1-6-17(30-21(22,23)24)10-8-7-9-14(4)27-19(28)16-11-15(5)26-18(12-16)20(29)25-13(2)3/h6-8,10-14H,1,9H2,2-5H3,(H,25,29)(H,27,28)/b8-7-,17-10+. The van der Waals surface area contributed by atoms with E-state index >= 15 is 0 Å². The van der Waals surface area contributed by atoms with Gasteiger partial charge in [0.15, 0.2) is 0 Å². The molecule has 0 fully saturated rings. The summed E-state index contributed by atoms with van der Waals surface area (Å²) in [6, 6.07) is 2.77. The molecule has 0 radical (unpaired) electrons. The van der Waals surface area contributed by atoms with Crippen molar-refractivity contribution >= 4 is 34.4 Å². The Balaban J connectivity index is 2.73. The van der Waals surface area contributed by atoms with E-state index in [2.05, 4.69) is 26.9 Å². The number of halogens is 3. The summed E-state index contributed by atoms with van der Waals surface area (Å²) in [6.07, 6.45) is 6.26. The van der Waals surface area contributed by atoms with Crippen molar-refractivity contribution in [1.29, 1.82) is 0 Å². The van der Waals surface area contributed by atoms with E-state index < -0.39 is 4.12 Å². The molecule has 1 aromatic heterocycles. The molecule has 6 nitrogen and oxygen atoms in total. The van der Waals surface area contributed by atoms with Crippen LogP contribution in [0.1, 0.15) is 53.7 Å². The summed E-state index contributed by atoms with van der Waals surface area (Å²) in [5.74, 6) is -0.750. The minimum atomic E-state index is -3.32. The molecular weight excluding hydrogens is 507 g/mol. The number of carbonyl (C=O) groups excluding carboxylic acids is 2. The zero-order valence-corrected chi connectivity index (χ0v) is 19.5. The van der Waals surface area contributed by atoms with Crippen molar-refractivity contribution in [3.63, 3.8) is 0 Å². The van der Waals surface area contributed by atoms with Gasteiger partial charge in [-0.1, -0.05) is 18.7 Å². The largest absolute Gasteiger partial charge is 0.451 e. The lowest BCUT2D eigenvalue weighted by atomic mass is 10.1. The summed E-state index contributed by atoms with van der Waals surface area (Å²) < 4.78 is 26.8. The van der Waals surface area contributed by atoms with Crippen LogP contribution >= 0.6 is 22.6 Å². The van der Waals surface area contributed by atoms with E-state index in [-0.39, 0.29) is 35.4 Å². The Kier molecular flexibility index (Phi) is 10.1. The van der Waals surface area contributed by atoms with Gasteiger partial charge in [0.2, 0.25) is 0 Å². The number of pyridine rings is 1. The number of ether oxygens (including phenoxy) is 1. The van der Waals surface area contributed by atoms with E-state index in [9.17, 15) is 18.4 Å². The Hall–Kier alpha value is -2.30. The average Bonchev–Trinajstić information content (AvgIpc) is 2.62. The second kappa shape index (κ2) is 11.8. The molecule has 1 unspecified atom stereocenters. The highest BCUT2D eigenvalue weighted by Gasteiger charge is 2.26. The third-order valence-electron chi connectivity index (χ3n) is 3.57. The van der Waals surface area contributed by atoms with Crippen molar-refractivity contribution in [1.82, 2.24) is 15.6 Å². The molecule has 0 aliphatic carbocycles. The predicted molar refractivity (Wildman–Crippen MR) is 121 cm³/mol. The Bertz CT molecular complexity index is 833. The number of allylic oxidation sites excluding steroid dienone is 3. The van der Waals surface area contributed by atoms with E-state index in [1.165, 1.54) is 18.2 Å². The molecule has 9 heteroatoms. The highest BCUT2D eigenvalue weighted by Crippen LogP contribution is 2.27. The molecule has 1 atom stereocenters. The number of nitrogens with one attached hydrogen (secondary N) is 2. The van der Waals surface area contributed by atoms with Gasteiger partial charge >= 0.3 is 4.12 Å². The van der Waals surface area contributed by atoms with Crippen LogP contribution in [-0.4, -0.2) is 33.0 Å². The number of hydrogen-bond donors (Lipinski definition) is 2. The summed E-state index contributed by atoms with van der Waals surface area (Å²) >= 11 is 0.874. The maximum Gasteiger partial charge on any atom is 0.451 e. The van der Waals surface area contributed by atoms with Gasteiger partial charge < -0.3 is 15.4 Å². The monoisotopic (exact) mass is 533 g/mol. The van der Waals surface area contributed by atoms with Gasteiger partial charge in [0.1, 0.15) is 11.5 Å². The van der Waals surface area contributed by atoms with E-state index in [1.807, 2.05) is 13.8 Å². The fourth-order valence-corrected chi connectivity index (χ4v) is 2.60. The normalized spacial score (nSPS) is 13.3. The van der Waals surface area contributed by atoms with Gasteiger partial charge in [0.25, 0.3) is 11.8 Å². The molecule has 0 saturated heterocycles. The van der Waals surface area contributed by atoms with Crippen LogP contribution in [0.2, 0.25) is 0 Å². The maximum atomic E-state index is 12.8. The molecule has 30 heavy (non-hydrogen) atoms. The highest BCUT2D eigenvalue weighted by atomic mass is 127. The summed E-state index contributed by atoms with van der Waals surface area (Å²) in [7, 11) is 0. The van der Waals surface area contributed by atoms with E-state index in [1.54, 1.807) is 32.1 Å². The molecule has 0 aromatic carbocycles. The fourth-order valence-electron chi connectivity index (χ4n) is 2.34. The van der Waals surface area contributed by atoms with Gasteiger partial charge in [-0.05, 0) is 58.4 Å². The number of aryl methyl sites for hydroxylation is 1. The van der Waals surface area contributed by atoms with Crippen LogP contribution in [-0.2, 0) is 4.74 Å². The second-order valence-electron chi connectivity index (χ2n) is 6.87. The quantitative estimate of drug-likeness (QED) is 0.199. The summed E-state index contributed by atoms with van der Waals surface area (Å²) in [4.78, 5) is 28.9. The first-order valence-electron chi connectivity index (χ1n) is 9.26. The molecule has 0 bridgehead atoms. The van der Waals surface area contributed by atoms with Crippen molar-refractivity contribution in [3.8, 4) is 0 Å². The SMILES string of the molecule is C=C/C(=C\C=C/CC(C)NC(=O)c1cc(C)nc(C(=O)NC(C)C)c1)OC(F)(F)I. The number of carbonyl (C=O) groups is 2. The van der Waals surface area contributed by atoms with Crippen molar-refractivity contribution < 1.29 is 23.1 Å². The molecule has 2 amide bonds. The van der Waals surface area contributed by atoms with Crippen LogP contribution in [0, 0.1) is 6.92 Å². The van der Waals surface area contributed by atoms with Crippen molar-refractivity contribution in [2.24, 2.45) is 0 Å². The summed E-state index contributed by atoms with van der Waals surface area (Å²) in [5, 5.41) is 5.57. The molecule has 1 aromatic rings. The highest BCUT2D eigenvalue weighted by molar-refractivity contribution is 14.1. The fraction of sp³-hybridized carbons (Fsp3) is 0.381. The molecule has 0 aliphatic rings. The molecule has 0 saturated carbocycles. The topological polar surface area (TPSA) is 80.3 Å². The van der Waals surface area contributed by atoms with Crippen molar-refractivity contribution in [2.75, 3.05) is 0 Å². The number of nitrogens with zero attached hydrogens (tertiary/aromatic N) is 1. The zero-order chi connectivity index (χ0) is 22.9. The Morgan fingerprint density at radius 2 is 1.93 bits per heavy atom. The lowest BCUT2D eigenvalue weighted by molar-refractivity contribution is -0.110. The molecule has 0 aliphatic heterocycles. The minimum Gasteiger partial charge on any atom is -0.425 e. The smallest absolute Gasteiger partial charge is 0.425 e. The first kappa shape index (κ1) is 25.7. The van der Waals surface area contributed by atoms with Gasteiger partial charge in [-0.25, -0.2) is 4.98 Å². The third kappa shape index (κ3) is 9.95. The number of rotatable bonds is 10. The Morgan fingerprint density at radius 1 is 1.27 bits per heavy atom. The molecule has 1 rings (SSSR count). The van der Waals surface area contributed by atoms with Gasteiger partial charge in [-0.3, -0.25) is 9.59 Å². The Labute approximate surface area is 189 Å². The van der Waals surface area contributed by atoms with Crippen molar-refractivity contribution in [3.05, 3.63) is 65.7 Å². The first-order chi connectivity index (χ1) is 13.9. The number of aromatic nitrogens is 1. The Morgan fingerprint density at radius 3 is 2.50 bits per heavy atom. The number of alkyl halides is 3. The first-order valence-corrected chi connectivity index (χ1v) is 10.3. The van der Waals surface area contributed by atoms with Crippen molar-refractivity contribution in [2.45, 2.75) is 50.3 Å². The predicted octanol–water partition coefficient (Wildman–Crippen LogP) is 4.66. The zero-order valence-electron chi connectivity index (χ0n) is 17.3. The number of amides is 2. The van der Waals surface area contributed by atoms with Gasteiger partial charge in [-0.15, -0.1) is 0 Å². The lowest BCUT2D eigenvalue weighted by Gasteiger charge is -2.13. The van der Waals surface area contributed by atoms with Crippen LogP contribution < -0.4 is 10.6 Å². The second-order valence-corrected chi connectivity index (χ2v) is 8.13. The van der Waals surface area contributed by atoms with Gasteiger partial charge in [0, 0.05) is 23.3 Å². The van der Waals surface area contributed by atoms with E-state index in [0.29, 0.717) is 17.7 Å².